The first-order valence-electron chi connectivity index (χ1n) is 11.8. The second kappa shape index (κ2) is 11.9. The van der Waals surface area contributed by atoms with Crippen molar-refractivity contribution in [2.24, 2.45) is 5.10 Å². The lowest BCUT2D eigenvalue weighted by Gasteiger charge is -2.23. The minimum absolute atomic E-state index is 0.127. The first kappa shape index (κ1) is 28.8. The van der Waals surface area contributed by atoms with E-state index in [0.29, 0.717) is 19.9 Å². The number of halogens is 2. The van der Waals surface area contributed by atoms with Gasteiger partial charge in [-0.15, -0.1) is 0 Å². The van der Waals surface area contributed by atoms with E-state index in [1.807, 2.05) is 24.5 Å². The number of amides is 1. The molecule has 0 aliphatic heterocycles. The molecule has 206 valence electrons. The van der Waals surface area contributed by atoms with E-state index in [4.69, 9.17) is 23.2 Å². The highest BCUT2D eigenvalue weighted by molar-refractivity contribution is 7.92. The first-order valence-corrected chi connectivity index (χ1v) is 14.0. The Morgan fingerprint density at radius 1 is 1.05 bits per heavy atom. The van der Waals surface area contributed by atoms with E-state index in [1.165, 1.54) is 54.7 Å². The predicted molar refractivity (Wildman–Crippen MR) is 155 cm³/mol. The molecule has 0 fully saturated rings. The van der Waals surface area contributed by atoms with Gasteiger partial charge < -0.3 is 4.57 Å². The first-order chi connectivity index (χ1) is 19.0. The number of rotatable bonds is 9. The second-order valence-corrected chi connectivity index (χ2v) is 11.3. The fourth-order valence-corrected chi connectivity index (χ4v) is 6.09. The summed E-state index contributed by atoms with van der Waals surface area (Å²) >= 11 is 12.4. The van der Waals surface area contributed by atoms with Crippen molar-refractivity contribution >= 4 is 56.7 Å². The van der Waals surface area contributed by atoms with Crippen molar-refractivity contribution < 1.29 is 18.1 Å². The van der Waals surface area contributed by atoms with E-state index in [0.717, 1.165) is 17.1 Å². The van der Waals surface area contributed by atoms with Gasteiger partial charge in [0, 0.05) is 28.0 Å². The number of sulfonamides is 1. The number of para-hydroxylation sites is 2. The molecule has 4 aromatic rings. The molecule has 1 aromatic heterocycles. The van der Waals surface area contributed by atoms with Crippen LogP contribution >= 0.6 is 23.2 Å². The molecule has 0 radical (unpaired) electrons. The number of nitro groups is 1. The zero-order valence-corrected chi connectivity index (χ0v) is 23.6. The minimum atomic E-state index is -4.34. The van der Waals surface area contributed by atoms with Crippen molar-refractivity contribution in [3.05, 3.63) is 116 Å². The quantitative estimate of drug-likeness (QED) is 0.151. The maximum absolute atomic E-state index is 13.5. The zero-order chi connectivity index (χ0) is 29.0. The molecule has 0 bridgehead atoms. The van der Waals surface area contributed by atoms with Crippen LogP contribution in [0.4, 0.5) is 11.4 Å². The second-order valence-electron chi connectivity index (χ2n) is 8.62. The van der Waals surface area contributed by atoms with Gasteiger partial charge in [0.25, 0.3) is 21.6 Å². The predicted octanol–water partition coefficient (Wildman–Crippen LogP) is 5.65. The fourth-order valence-electron chi connectivity index (χ4n) is 4.14. The number of anilines is 1. The summed E-state index contributed by atoms with van der Waals surface area (Å²) in [6, 6.07) is 19.6. The van der Waals surface area contributed by atoms with E-state index in [1.54, 1.807) is 24.3 Å². The third-order valence-corrected chi connectivity index (χ3v) is 8.29. The SMILES string of the molecule is Cc1cc(/C=N\NC(=O)CN(c2ccccc2[N+](=O)[O-])S(=O)(=O)c2ccccc2)c(C)n1-c1ccc(Cl)cc1Cl. The van der Waals surface area contributed by atoms with Crippen molar-refractivity contribution in [2.45, 2.75) is 18.7 Å². The number of carbonyl (C=O) groups is 1. The number of carbonyl (C=O) groups excluding carboxylic acids is 1. The Labute approximate surface area is 240 Å². The van der Waals surface area contributed by atoms with Gasteiger partial charge in [0.05, 0.1) is 26.7 Å². The Morgan fingerprint density at radius 3 is 2.40 bits per heavy atom. The molecule has 3 aromatic carbocycles. The van der Waals surface area contributed by atoms with Crippen LogP contribution in [-0.4, -0.2) is 36.6 Å². The Kier molecular flexibility index (Phi) is 8.58. The average Bonchev–Trinajstić information content (AvgIpc) is 3.20. The van der Waals surface area contributed by atoms with Crippen LogP contribution in [0.25, 0.3) is 5.69 Å². The van der Waals surface area contributed by atoms with Gasteiger partial charge in [0.1, 0.15) is 12.2 Å². The zero-order valence-electron chi connectivity index (χ0n) is 21.3. The monoisotopic (exact) mass is 599 g/mol. The van der Waals surface area contributed by atoms with Crippen molar-refractivity contribution in [3.8, 4) is 5.69 Å². The molecule has 4 rings (SSSR count). The lowest BCUT2D eigenvalue weighted by molar-refractivity contribution is -0.384. The Hall–Kier alpha value is -4.19. The maximum atomic E-state index is 13.5. The summed E-state index contributed by atoms with van der Waals surface area (Å²) < 4.78 is 29.5. The number of benzene rings is 3. The van der Waals surface area contributed by atoms with Crippen LogP contribution < -0.4 is 9.73 Å². The van der Waals surface area contributed by atoms with E-state index in [-0.39, 0.29) is 10.6 Å². The molecule has 1 heterocycles. The summed E-state index contributed by atoms with van der Waals surface area (Å²) in [6.07, 6.45) is 1.42. The number of aryl methyl sites for hydroxylation is 1. The number of hydrogen-bond donors (Lipinski definition) is 1. The molecule has 13 heteroatoms. The van der Waals surface area contributed by atoms with E-state index in [2.05, 4.69) is 10.5 Å². The largest absolute Gasteiger partial charge is 0.316 e. The van der Waals surface area contributed by atoms with Gasteiger partial charge in [-0.1, -0.05) is 53.5 Å². The van der Waals surface area contributed by atoms with Gasteiger partial charge in [-0.2, -0.15) is 5.10 Å². The molecule has 1 amide bonds. The Balaban J connectivity index is 1.60. The van der Waals surface area contributed by atoms with Gasteiger partial charge in [0.2, 0.25) is 0 Å². The summed E-state index contributed by atoms with van der Waals surface area (Å²) in [5.41, 5.74) is 4.64. The van der Waals surface area contributed by atoms with Gasteiger partial charge in [0.15, 0.2) is 0 Å². The summed E-state index contributed by atoms with van der Waals surface area (Å²) in [7, 11) is -4.34. The molecule has 1 N–H and O–H groups in total. The van der Waals surface area contributed by atoms with Gasteiger partial charge in [-0.25, -0.2) is 18.1 Å². The van der Waals surface area contributed by atoms with Crippen LogP contribution in [0.2, 0.25) is 10.0 Å². The number of nitrogens with zero attached hydrogens (tertiary/aromatic N) is 4. The third-order valence-electron chi connectivity index (χ3n) is 5.98. The summed E-state index contributed by atoms with van der Waals surface area (Å²) in [5, 5.41) is 16.6. The van der Waals surface area contributed by atoms with Crippen molar-refractivity contribution in [1.29, 1.82) is 0 Å². The highest BCUT2D eigenvalue weighted by atomic mass is 35.5. The molecule has 0 aliphatic carbocycles. The number of nitro benzene ring substituents is 1. The van der Waals surface area contributed by atoms with Crippen LogP contribution in [0.1, 0.15) is 17.0 Å². The van der Waals surface area contributed by atoms with Crippen LogP contribution in [0.3, 0.4) is 0 Å². The smallest absolute Gasteiger partial charge is 0.293 e. The van der Waals surface area contributed by atoms with E-state index >= 15 is 0 Å². The van der Waals surface area contributed by atoms with Crippen LogP contribution in [-0.2, 0) is 14.8 Å². The Bertz CT molecular complexity index is 1720. The number of nitrogens with one attached hydrogen (secondary N) is 1. The number of hydrazone groups is 1. The molecule has 0 saturated carbocycles. The van der Waals surface area contributed by atoms with Crippen LogP contribution in [0, 0.1) is 24.0 Å². The van der Waals surface area contributed by atoms with E-state index < -0.39 is 33.1 Å². The van der Waals surface area contributed by atoms with Crippen molar-refractivity contribution in [3.63, 3.8) is 0 Å². The van der Waals surface area contributed by atoms with Crippen LogP contribution in [0.15, 0.2) is 88.9 Å². The molecule has 0 saturated heterocycles. The highest BCUT2D eigenvalue weighted by Gasteiger charge is 2.31. The van der Waals surface area contributed by atoms with Gasteiger partial charge in [-0.3, -0.25) is 14.9 Å². The summed E-state index contributed by atoms with van der Waals surface area (Å²) in [4.78, 5) is 23.7. The lowest BCUT2D eigenvalue weighted by Crippen LogP contribution is -2.39. The van der Waals surface area contributed by atoms with Crippen molar-refractivity contribution in [2.75, 3.05) is 10.8 Å². The van der Waals surface area contributed by atoms with Crippen LogP contribution in [0.5, 0.6) is 0 Å². The number of hydrogen-bond acceptors (Lipinski definition) is 6. The molecule has 0 spiro atoms. The molecular weight excluding hydrogens is 577 g/mol. The molecule has 0 aliphatic rings. The number of aromatic nitrogens is 1. The molecule has 0 atom stereocenters. The summed E-state index contributed by atoms with van der Waals surface area (Å²) in [5.74, 6) is -0.802. The maximum Gasteiger partial charge on any atom is 0.293 e. The molecule has 40 heavy (non-hydrogen) atoms. The molecular formula is C27H23Cl2N5O5S. The fraction of sp³-hybridized carbons (Fsp3) is 0.111. The lowest BCUT2D eigenvalue weighted by atomic mass is 10.2. The van der Waals surface area contributed by atoms with E-state index in [9.17, 15) is 23.3 Å². The topological polar surface area (TPSA) is 127 Å². The highest BCUT2D eigenvalue weighted by Crippen LogP contribution is 2.32. The molecule has 10 nitrogen and oxygen atoms in total. The third kappa shape index (κ3) is 6.01. The summed E-state index contributed by atoms with van der Waals surface area (Å²) in [6.45, 7) is 2.98. The minimum Gasteiger partial charge on any atom is -0.316 e. The molecule has 0 unspecified atom stereocenters. The van der Waals surface area contributed by atoms with Crippen molar-refractivity contribution in [1.82, 2.24) is 9.99 Å². The van der Waals surface area contributed by atoms with Gasteiger partial charge in [-0.05, 0) is 56.3 Å². The standard InChI is InChI=1S/C27H23Cl2N5O5S/c1-18-14-20(19(2)33(18)24-13-12-21(28)15-23(24)29)16-30-31-27(35)17-32(25-10-6-7-11-26(25)34(36)37)40(38,39)22-8-4-3-5-9-22/h3-16H,17H2,1-2H3,(H,31,35)/b30-16-. The van der Waals surface area contributed by atoms with Gasteiger partial charge >= 0.3 is 0 Å². The normalized spacial score (nSPS) is 11.5. The Morgan fingerprint density at radius 2 is 1.73 bits per heavy atom. The average molecular weight is 600 g/mol.